The predicted molar refractivity (Wildman–Crippen MR) is 55.1 cm³/mol. The molecular formula is C10H9ClN2O2. The summed E-state index contributed by atoms with van der Waals surface area (Å²) in [6, 6.07) is 7.66. The monoisotopic (exact) mass is 224 g/mol. The van der Waals surface area contributed by atoms with Crippen LogP contribution in [-0.4, -0.2) is 17.3 Å². The molecule has 0 aliphatic heterocycles. The van der Waals surface area contributed by atoms with E-state index in [0.717, 1.165) is 11.3 Å². The van der Waals surface area contributed by atoms with Gasteiger partial charge in [-0.1, -0.05) is 23.3 Å². The highest BCUT2D eigenvalue weighted by Crippen LogP contribution is 2.20. The molecule has 0 atom stereocenters. The number of para-hydroxylation sites is 1. The molecule has 4 nitrogen and oxygen atoms in total. The summed E-state index contributed by atoms with van der Waals surface area (Å²) in [6.45, 7) is 0. The maximum absolute atomic E-state index is 5.53. The van der Waals surface area contributed by atoms with E-state index in [1.165, 1.54) is 0 Å². The van der Waals surface area contributed by atoms with E-state index >= 15 is 0 Å². The van der Waals surface area contributed by atoms with Crippen LogP contribution in [0.25, 0.3) is 0 Å². The molecule has 0 aliphatic rings. The first kappa shape index (κ1) is 9.98. The molecule has 0 saturated carbocycles. The lowest BCUT2D eigenvalue weighted by atomic mass is 10.1. The van der Waals surface area contributed by atoms with Crippen molar-refractivity contribution in [3.05, 3.63) is 41.1 Å². The van der Waals surface area contributed by atoms with Gasteiger partial charge in [0, 0.05) is 5.56 Å². The maximum atomic E-state index is 5.53. The van der Waals surface area contributed by atoms with Crippen LogP contribution in [0.4, 0.5) is 0 Å². The Bertz CT molecular complexity index is 456. The lowest BCUT2D eigenvalue weighted by Crippen LogP contribution is -1.93. The Morgan fingerprint density at radius 1 is 1.33 bits per heavy atom. The van der Waals surface area contributed by atoms with Gasteiger partial charge in [0.2, 0.25) is 5.89 Å². The van der Waals surface area contributed by atoms with Crippen molar-refractivity contribution in [3.63, 3.8) is 0 Å². The molecule has 0 amide bonds. The lowest BCUT2D eigenvalue weighted by molar-refractivity contribution is 0.408. The van der Waals surface area contributed by atoms with E-state index in [9.17, 15) is 0 Å². The quantitative estimate of drug-likeness (QED) is 0.803. The minimum atomic E-state index is 0.0555. The largest absolute Gasteiger partial charge is 0.496 e. The number of methoxy groups -OCH3 is 1. The molecule has 1 heterocycles. The van der Waals surface area contributed by atoms with Gasteiger partial charge in [0.15, 0.2) is 0 Å². The average Bonchev–Trinajstić information content (AvgIpc) is 2.65. The van der Waals surface area contributed by atoms with E-state index in [1.807, 2.05) is 24.3 Å². The van der Waals surface area contributed by atoms with Crippen LogP contribution in [-0.2, 0) is 6.42 Å². The molecule has 0 fully saturated rings. The second-order valence-corrected chi connectivity index (χ2v) is 3.26. The standard InChI is InChI=1S/C10H9ClN2O2/c1-14-8-5-3-2-4-7(8)6-9-12-13-10(11)15-9/h2-5H,6H2,1H3. The number of hydrogen-bond acceptors (Lipinski definition) is 4. The van der Waals surface area contributed by atoms with Crippen molar-refractivity contribution in [1.29, 1.82) is 0 Å². The second-order valence-electron chi connectivity index (χ2n) is 2.94. The zero-order valence-corrected chi connectivity index (χ0v) is 8.86. The number of benzene rings is 1. The maximum Gasteiger partial charge on any atom is 0.312 e. The third kappa shape index (κ3) is 2.27. The lowest BCUT2D eigenvalue weighted by Gasteiger charge is -2.04. The van der Waals surface area contributed by atoms with Crippen LogP contribution in [0.3, 0.4) is 0 Å². The first-order valence-corrected chi connectivity index (χ1v) is 4.77. The van der Waals surface area contributed by atoms with Gasteiger partial charge < -0.3 is 9.15 Å². The number of ether oxygens (including phenoxy) is 1. The fourth-order valence-corrected chi connectivity index (χ4v) is 1.44. The molecule has 0 saturated heterocycles. The molecule has 1 aromatic heterocycles. The Kier molecular flexibility index (Phi) is 2.87. The SMILES string of the molecule is COc1ccccc1Cc1nnc(Cl)o1. The summed E-state index contributed by atoms with van der Waals surface area (Å²) < 4.78 is 10.3. The van der Waals surface area contributed by atoms with Crippen LogP contribution in [0, 0.1) is 0 Å². The third-order valence-corrected chi connectivity index (χ3v) is 2.13. The Hall–Kier alpha value is -1.55. The van der Waals surface area contributed by atoms with Gasteiger partial charge in [0.25, 0.3) is 0 Å². The Morgan fingerprint density at radius 2 is 2.13 bits per heavy atom. The fourth-order valence-electron chi connectivity index (χ4n) is 1.32. The zero-order chi connectivity index (χ0) is 10.7. The minimum Gasteiger partial charge on any atom is -0.496 e. The summed E-state index contributed by atoms with van der Waals surface area (Å²) in [6.07, 6.45) is 0.518. The van der Waals surface area contributed by atoms with Crippen molar-refractivity contribution < 1.29 is 9.15 Å². The van der Waals surface area contributed by atoms with Gasteiger partial charge in [0.1, 0.15) is 5.75 Å². The molecule has 2 aromatic rings. The van der Waals surface area contributed by atoms with E-state index in [-0.39, 0.29) is 5.35 Å². The van der Waals surface area contributed by atoms with Gasteiger partial charge >= 0.3 is 5.35 Å². The van der Waals surface area contributed by atoms with E-state index in [2.05, 4.69) is 10.2 Å². The summed E-state index contributed by atoms with van der Waals surface area (Å²) in [4.78, 5) is 0. The predicted octanol–water partition coefficient (Wildman–Crippen LogP) is 2.32. The normalized spacial score (nSPS) is 10.3. The Morgan fingerprint density at radius 3 is 2.80 bits per heavy atom. The highest BCUT2D eigenvalue weighted by molar-refractivity contribution is 6.27. The summed E-state index contributed by atoms with van der Waals surface area (Å²) in [5, 5.41) is 7.41. The van der Waals surface area contributed by atoms with E-state index in [1.54, 1.807) is 7.11 Å². The van der Waals surface area contributed by atoms with Crippen LogP contribution in [0.1, 0.15) is 11.5 Å². The van der Waals surface area contributed by atoms with E-state index in [4.69, 9.17) is 20.8 Å². The zero-order valence-electron chi connectivity index (χ0n) is 8.11. The highest BCUT2D eigenvalue weighted by Gasteiger charge is 2.08. The molecule has 0 unspecified atom stereocenters. The van der Waals surface area contributed by atoms with Crippen molar-refractivity contribution in [1.82, 2.24) is 10.2 Å². The summed E-state index contributed by atoms with van der Waals surface area (Å²) in [5.41, 5.74) is 0.986. The van der Waals surface area contributed by atoms with Crippen molar-refractivity contribution in [2.75, 3.05) is 7.11 Å². The van der Waals surface area contributed by atoms with Crippen LogP contribution in [0.2, 0.25) is 5.35 Å². The van der Waals surface area contributed by atoms with Gasteiger partial charge in [-0.05, 0) is 17.7 Å². The van der Waals surface area contributed by atoms with Crippen molar-refractivity contribution in [2.24, 2.45) is 0 Å². The fraction of sp³-hybridized carbons (Fsp3) is 0.200. The Labute approximate surface area is 91.8 Å². The topological polar surface area (TPSA) is 48.2 Å². The van der Waals surface area contributed by atoms with Gasteiger partial charge in [0.05, 0.1) is 13.5 Å². The van der Waals surface area contributed by atoms with Gasteiger partial charge in [-0.3, -0.25) is 0 Å². The van der Waals surface area contributed by atoms with Crippen molar-refractivity contribution in [3.8, 4) is 5.75 Å². The first-order chi connectivity index (χ1) is 7.29. The average molecular weight is 225 g/mol. The molecule has 0 bridgehead atoms. The molecule has 1 aromatic carbocycles. The minimum absolute atomic E-state index is 0.0555. The number of nitrogens with zero attached hydrogens (tertiary/aromatic N) is 2. The summed E-state index contributed by atoms with van der Waals surface area (Å²) in [5.74, 6) is 1.27. The molecule has 78 valence electrons. The van der Waals surface area contributed by atoms with E-state index in [0.29, 0.717) is 12.3 Å². The molecule has 2 rings (SSSR count). The molecule has 5 heteroatoms. The third-order valence-electron chi connectivity index (χ3n) is 1.98. The molecule has 0 aliphatic carbocycles. The molecular weight excluding hydrogens is 216 g/mol. The van der Waals surface area contributed by atoms with Crippen molar-refractivity contribution >= 4 is 11.6 Å². The smallest absolute Gasteiger partial charge is 0.312 e. The van der Waals surface area contributed by atoms with Gasteiger partial charge in [-0.15, -0.1) is 5.10 Å². The van der Waals surface area contributed by atoms with E-state index < -0.39 is 0 Å². The summed E-state index contributed by atoms with van der Waals surface area (Å²) in [7, 11) is 1.62. The van der Waals surface area contributed by atoms with Crippen LogP contribution in [0.15, 0.2) is 28.7 Å². The second kappa shape index (κ2) is 4.31. The molecule has 0 N–H and O–H groups in total. The van der Waals surface area contributed by atoms with Crippen LogP contribution in [0.5, 0.6) is 5.75 Å². The first-order valence-electron chi connectivity index (χ1n) is 4.39. The number of halogens is 1. The number of hydrogen-bond donors (Lipinski definition) is 0. The highest BCUT2D eigenvalue weighted by atomic mass is 35.5. The molecule has 15 heavy (non-hydrogen) atoms. The van der Waals surface area contributed by atoms with Crippen LogP contribution < -0.4 is 4.74 Å². The number of aromatic nitrogens is 2. The van der Waals surface area contributed by atoms with Crippen molar-refractivity contribution in [2.45, 2.75) is 6.42 Å². The Balaban J connectivity index is 2.23. The van der Waals surface area contributed by atoms with Gasteiger partial charge in [-0.2, -0.15) is 0 Å². The summed E-state index contributed by atoms with van der Waals surface area (Å²) >= 11 is 5.53. The molecule has 0 spiro atoms. The molecule has 0 radical (unpaired) electrons. The van der Waals surface area contributed by atoms with Crippen LogP contribution >= 0.6 is 11.6 Å². The van der Waals surface area contributed by atoms with Gasteiger partial charge in [-0.25, -0.2) is 0 Å². The number of rotatable bonds is 3.